The molecule has 4 aromatic rings. The zero-order valence-corrected chi connectivity index (χ0v) is 26.5. The van der Waals surface area contributed by atoms with Crippen molar-refractivity contribution in [2.75, 3.05) is 25.1 Å². The van der Waals surface area contributed by atoms with Crippen LogP contribution in [0, 0.1) is 11.6 Å². The summed E-state index contributed by atoms with van der Waals surface area (Å²) in [4.78, 5) is 32.4. The molecule has 0 saturated carbocycles. The molecule has 2 aliphatic rings. The predicted octanol–water partition coefficient (Wildman–Crippen LogP) is 7.72. The molecule has 2 aromatic carbocycles. The van der Waals surface area contributed by atoms with Crippen LogP contribution in [0.3, 0.4) is 0 Å². The summed E-state index contributed by atoms with van der Waals surface area (Å²) in [6.07, 6.45) is -7.55. The van der Waals surface area contributed by atoms with Gasteiger partial charge in [-0.15, -0.1) is 0 Å². The second-order valence-corrected chi connectivity index (χ2v) is 12.6. The number of aromatic nitrogens is 3. The fourth-order valence-corrected chi connectivity index (χ4v) is 5.96. The maximum Gasteiger partial charge on any atom is 0.430 e. The van der Waals surface area contributed by atoms with E-state index in [0.717, 1.165) is 17.0 Å². The molecule has 2 aliphatic heterocycles. The predicted molar refractivity (Wildman–Crippen MR) is 163 cm³/mol. The molecular formula is C33H32F5N5O5. The van der Waals surface area contributed by atoms with E-state index in [-0.39, 0.29) is 47.6 Å². The topological polar surface area (TPSA) is 99.0 Å². The lowest BCUT2D eigenvalue weighted by molar-refractivity contribution is -0.207. The Morgan fingerprint density at radius 2 is 1.69 bits per heavy atom. The van der Waals surface area contributed by atoms with Crippen molar-refractivity contribution in [3.63, 3.8) is 0 Å². The van der Waals surface area contributed by atoms with E-state index in [1.807, 2.05) is 0 Å². The average Bonchev–Trinajstić information content (AvgIpc) is 3.38. The largest absolute Gasteiger partial charge is 0.497 e. The van der Waals surface area contributed by atoms with Crippen molar-refractivity contribution in [1.29, 1.82) is 0 Å². The van der Waals surface area contributed by atoms with Gasteiger partial charge in [0.2, 0.25) is 6.10 Å². The second kappa shape index (κ2) is 12.3. The van der Waals surface area contributed by atoms with Gasteiger partial charge in [-0.1, -0.05) is 12.1 Å². The number of carbonyl (C=O) groups is 2. The fourth-order valence-electron chi connectivity index (χ4n) is 5.96. The summed E-state index contributed by atoms with van der Waals surface area (Å²) < 4.78 is 90.1. The van der Waals surface area contributed by atoms with E-state index in [0.29, 0.717) is 24.2 Å². The molecule has 0 unspecified atom stereocenters. The molecule has 0 radical (unpaired) electrons. The minimum absolute atomic E-state index is 0.0522. The summed E-state index contributed by atoms with van der Waals surface area (Å²) in [7, 11) is 1.48. The fraction of sp³-hybridized carbons (Fsp3) is 0.394. The maximum absolute atomic E-state index is 14.7. The summed E-state index contributed by atoms with van der Waals surface area (Å²) in [6, 6.07) is 9.27. The number of likely N-dealkylation sites (tertiary alicyclic amines) is 1. The number of alkyl halides is 3. The number of pyridine rings is 1. The number of cyclic esters (lactones) is 1. The number of amides is 2. The lowest BCUT2D eigenvalue weighted by Crippen LogP contribution is -2.42. The molecule has 0 spiro atoms. The Kier molecular flexibility index (Phi) is 8.42. The summed E-state index contributed by atoms with van der Waals surface area (Å²) in [5.41, 5.74) is -0.671. The Labute approximate surface area is 272 Å². The van der Waals surface area contributed by atoms with Gasteiger partial charge in [-0.2, -0.15) is 18.3 Å². The van der Waals surface area contributed by atoms with E-state index in [2.05, 4.69) is 10.1 Å². The molecule has 0 aliphatic carbocycles. The third-order valence-corrected chi connectivity index (χ3v) is 8.19. The first-order valence-corrected chi connectivity index (χ1v) is 15.2. The second-order valence-electron chi connectivity index (χ2n) is 12.6. The van der Waals surface area contributed by atoms with Crippen LogP contribution in [0.5, 0.6) is 5.75 Å². The van der Waals surface area contributed by atoms with Crippen molar-refractivity contribution in [3.8, 4) is 17.0 Å². The van der Waals surface area contributed by atoms with E-state index in [1.54, 1.807) is 45.0 Å². The van der Waals surface area contributed by atoms with Crippen molar-refractivity contribution in [2.24, 2.45) is 0 Å². The molecule has 6 rings (SSSR count). The van der Waals surface area contributed by atoms with E-state index in [4.69, 9.17) is 14.2 Å². The molecule has 0 bridgehead atoms. The molecule has 1 saturated heterocycles. The van der Waals surface area contributed by atoms with Crippen LogP contribution >= 0.6 is 0 Å². The standard InChI is InChI=1S/C33H32F5N5O5/c1-32(2,3)48-30(44)41-13-10-19(11-14-41)43-25-16-24(35)23(34)15-22(25)27(40-43)21-9-12-39-29-26(21)28(33(36,37)38)47-31(45)42(29)17-18-5-7-20(46-4)8-6-18/h5-9,12,15-16,19,28H,10-11,13-14,17H2,1-4H3/t28-/m1/s1. The number of anilines is 1. The van der Waals surface area contributed by atoms with Gasteiger partial charge in [0, 0.05) is 36.3 Å². The monoisotopic (exact) mass is 673 g/mol. The van der Waals surface area contributed by atoms with Gasteiger partial charge in [-0.25, -0.2) is 23.4 Å². The highest BCUT2D eigenvalue weighted by Crippen LogP contribution is 2.48. The van der Waals surface area contributed by atoms with Gasteiger partial charge in [0.15, 0.2) is 11.6 Å². The van der Waals surface area contributed by atoms with E-state index in [1.165, 1.54) is 29.0 Å². The normalized spacial score (nSPS) is 17.4. The Balaban J connectivity index is 1.44. The van der Waals surface area contributed by atoms with E-state index < -0.39 is 53.3 Å². The molecule has 2 aromatic heterocycles. The lowest BCUT2D eigenvalue weighted by atomic mass is 9.97. The van der Waals surface area contributed by atoms with Gasteiger partial charge in [0.25, 0.3) is 0 Å². The Morgan fingerprint density at radius 1 is 1.02 bits per heavy atom. The highest BCUT2D eigenvalue weighted by atomic mass is 19.4. The Hall–Kier alpha value is -4.95. The summed E-state index contributed by atoms with van der Waals surface area (Å²) >= 11 is 0. The van der Waals surface area contributed by atoms with Crippen LogP contribution < -0.4 is 9.64 Å². The SMILES string of the molecule is COc1ccc(CN2C(=O)O[C@@H](C(F)(F)F)c3c(-c4nn(C5CCN(C(=O)OC(C)(C)C)CC5)c5cc(F)c(F)cc45)ccnc32)cc1. The van der Waals surface area contributed by atoms with Crippen LogP contribution in [0.1, 0.15) is 56.9 Å². The number of carbonyl (C=O) groups excluding carboxylic acids is 2. The first-order valence-electron chi connectivity index (χ1n) is 15.2. The van der Waals surface area contributed by atoms with Gasteiger partial charge in [0.05, 0.1) is 30.8 Å². The number of methoxy groups -OCH3 is 1. The van der Waals surface area contributed by atoms with Crippen molar-refractivity contribution in [1.82, 2.24) is 19.7 Å². The van der Waals surface area contributed by atoms with Gasteiger partial charge in [-0.3, -0.25) is 9.58 Å². The molecule has 1 atom stereocenters. The third-order valence-electron chi connectivity index (χ3n) is 8.19. The molecule has 254 valence electrons. The quantitative estimate of drug-likeness (QED) is 0.200. The summed E-state index contributed by atoms with van der Waals surface area (Å²) in [5, 5.41) is 4.70. The van der Waals surface area contributed by atoms with Crippen molar-refractivity contribution >= 4 is 28.9 Å². The summed E-state index contributed by atoms with van der Waals surface area (Å²) in [6.45, 7) is 5.63. The van der Waals surface area contributed by atoms with Crippen molar-refractivity contribution in [2.45, 2.75) is 64.1 Å². The third kappa shape index (κ3) is 6.32. The van der Waals surface area contributed by atoms with Crippen LogP contribution in [-0.2, 0) is 16.0 Å². The van der Waals surface area contributed by atoms with Crippen LogP contribution in [0.2, 0.25) is 0 Å². The number of ether oxygens (including phenoxy) is 3. The minimum atomic E-state index is -5.04. The Morgan fingerprint density at radius 3 is 2.31 bits per heavy atom. The van der Waals surface area contributed by atoms with Gasteiger partial charge >= 0.3 is 18.4 Å². The van der Waals surface area contributed by atoms with Crippen LogP contribution in [0.4, 0.5) is 37.4 Å². The van der Waals surface area contributed by atoms with Crippen molar-refractivity contribution in [3.05, 3.63) is 71.4 Å². The first-order chi connectivity index (χ1) is 22.6. The van der Waals surface area contributed by atoms with E-state index in [9.17, 15) is 31.5 Å². The van der Waals surface area contributed by atoms with Crippen molar-refractivity contribution < 1.29 is 45.8 Å². The number of hydrogen-bond donors (Lipinski definition) is 0. The molecule has 2 amide bonds. The Bertz CT molecular complexity index is 1860. The van der Waals surface area contributed by atoms with E-state index >= 15 is 0 Å². The zero-order chi connectivity index (χ0) is 34.5. The lowest BCUT2D eigenvalue weighted by Gasteiger charge is -2.34. The smallest absolute Gasteiger partial charge is 0.430 e. The first kappa shape index (κ1) is 33.0. The molecule has 10 nitrogen and oxygen atoms in total. The number of rotatable bonds is 5. The molecule has 48 heavy (non-hydrogen) atoms. The number of benzene rings is 2. The number of fused-ring (bicyclic) bond motifs is 2. The highest BCUT2D eigenvalue weighted by molar-refractivity contribution is 5.98. The van der Waals surface area contributed by atoms with Gasteiger partial charge in [0.1, 0.15) is 22.9 Å². The van der Waals surface area contributed by atoms with Crippen LogP contribution in [0.15, 0.2) is 48.7 Å². The molecule has 4 heterocycles. The highest BCUT2D eigenvalue weighted by Gasteiger charge is 2.51. The van der Waals surface area contributed by atoms with Crippen LogP contribution in [0.25, 0.3) is 22.2 Å². The molecule has 1 fully saturated rings. The molecular weight excluding hydrogens is 641 g/mol. The molecule has 0 N–H and O–H groups in total. The number of hydrogen-bond acceptors (Lipinski definition) is 7. The zero-order valence-electron chi connectivity index (χ0n) is 26.5. The number of piperidine rings is 1. The average molecular weight is 674 g/mol. The maximum atomic E-state index is 14.7. The van der Waals surface area contributed by atoms with Crippen LogP contribution in [-0.4, -0.2) is 63.8 Å². The minimum Gasteiger partial charge on any atom is -0.497 e. The molecule has 15 heteroatoms. The summed E-state index contributed by atoms with van der Waals surface area (Å²) in [5.74, 6) is -2.14. The number of halogens is 5. The van der Waals surface area contributed by atoms with Gasteiger partial charge < -0.3 is 19.1 Å². The van der Waals surface area contributed by atoms with Gasteiger partial charge in [-0.05, 0) is 63.4 Å². The number of nitrogens with zero attached hydrogens (tertiary/aromatic N) is 5.